The highest BCUT2D eigenvalue weighted by atomic mass is 16.3. The minimum Gasteiger partial charge on any atom is -0.390 e. The van der Waals surface area contributed by atoms with Crippen molar-refractivity contribution < 1.29 is 5.11 Å². The van der Waals surface area contributed by atoms with Crippen LogP contribution in [0.1, 0.15) is 41.0 Å². The van der Waals surface area contributed by atoms with Crippen LogP contribution in [0, 0.1) is 5.92 Å². The van der Waals surface area contributed by atoms with Crippen LogP contribution in [-0.4, -0.2) is 16.2 Å². The highest BCUT2D eigenvalue weighted by Gasteiger charge is 2.26. The zero-order valence-electron chi connectivity index (χ0n) is 8.31. The molecule has 1 atom stereocenters. The molecule has 0 amide bonds. The van der Waals surface area contributed by atoms with Gasteiger partial charge in [0.05, 0.1) is 5.60 Å². The predicted octanol–water partition coefficient (Wildman–Crippen LogP) is 1.52. The van der Waals surface area contributed by atoms with E-state index in [4.69, 9.17) is 5.73 Å². The molecule has 0 rings (SSSR count). The second-order valence-electron chi connectivity index (χ2n) is 4.74. The van der Waals surface area contributed by atoms with Crippen LogP contribution < -0.4 is 5.73 Å². The molecule has 0 aromatic heterocycles. The molecule has 0 saturated heterocycles. The molecule has 11 heavy (non-hydrogen) atoms. The van der Waals surface area contributed by atoms with Gasteiger partial charge >= 0.3 is 0 Å². The molecule has 0 bridgehead atoms. The zero-order chi connectivity index (χ0) is 9.28. The molecule has 0 aliphatic heterocycles. The lowest BCUT2D eigenvalue weighted by Gasteiger charge is -2.31. The topological polar surface area (TPSA) is 46.2 Å². The van der Waals surface area contributed by atoms with Gasteiger partial charge in [0.1, 0.15) is 0 Å². The second-order valence-corrected chi connectivity index (χ2v) is 4.74. The van der Waals surface area contributed by atoms with Crippen molar-refractivity contribution >= 4 is 0 Å². The van der Waals surface area contributed by atoms with Crippen LogP contribution >= 0.6 is 0 Å². The molecule has 2 heteroatoms. The smallest absolute Gasteiger partial charge is 0.0595 e. The van der Waals surface area contributed by atoms with E-state index < -0.39 is 5.60 Å². The van der Waals surface area contributed by atoms with Gasteiger partial charge in [0.2, 0.25) is 0 Å². The first-order valence-electron chi connectivity index (χ1n) is 4.14. The van der Waals surface area contributed by atoms with Crippen molar-refractivity contribution in [1.82, 2.24) is 0 Å². The van der Waals surface area contributed by atoms with Crippen molar-refractivity contribution in [3.8, 4) is 0 Å². The molecule has 0 saturated carbocycles. The Morgan fingerprint density at radius 2 is 1.64 bits per heavy atom. The minimum absolute atomic E-state index is 0.194. The normalized spacial score (nSPS) is 16.6. The lowest BCUT2D eigenvalue weighted by Crippen LogP contribution is -2.42. The first-order chi connectivity index (χ1) is 4.63. The van der Waals surface area contributed by atoms with Crippen LogP contribution in [0.15, 0.2) is 0 Å². The van der Waals surface area contributed by atoms with Crippen molar-refractivity contribution in [2.24, 2.45) is 11.7 Å². The first-order valence-corrected chi connectivity index (χ1v) is 4.14. The molecule has 2 nitrogen and oxygen atoms in total. The first kappa shape index (κ1) is 10.9. The standard InChI is InChI=1S/C9H21NO/c1-7(9(4,5)10)6-8(2,3)11/h7,11H,6,10H2,1-5H3/t7-/m0/s1. The summed E-state index contributed by atoms with van der Waals surface area (Å²) in [5.41, 5.74) is 5.08. The van der Waals surface area contributed by atoms with Gasteiger partial charge in [-0.1, -0.05) is 6.92 Å². The highest BCUT2D eigenvalue weighted by molar-refractivity contribution is 4.83. The number of rotatable bonds is 3. The average molecular weight is 159 g/mol. The van der Waals surface area contributed by atoms with E-state index in [0.29, 0.717) is 5.92 Å². The van der Waals surface area contributed by atoms with Gasteiger partial charge in [0, 0.05) is 5.54 Å². The van der Waals surface area contributed by atoms with E-state index in [0.717, 1.165) is 6.42 Å². The largest absolute Gasteiger partial charge is 0.390 e. The maximum absolute atomic E-state index is 9.50. The summed E-state index contributed by atoms with van der Waals surface area (Å²) in [7, 11) is 0. The van der Waals surface area contributed by atoms with E-state index >= 15 is 0 Å². The van der Waals surface area contributed by atoms with Crippen LogP contribution in [-0.2, 0) is 0 Å². The van der Waals surface area contributed by atoms with Gasteiger partial charge in [-0.2, -0.15) is 0 Å². The van der Waals surface area contributed by atoms with Crippen LogP contribution in [0.2, 0.25) is 0 Å². The quantitative estimate of drug-likeness (QED) is 0.656. The summed E-state index contributed by atoms with van der Waals surface area (Å²) >= 11 is 0. The van der Waals surface area contributed by atoms with Gasteiger partial charge in [0.25, 0.3) is 0 Å². The Bertz CT molecular complexity index is 119. The van der Waals surface area contributed by atoms with E-state index in [1.165, 1.54) is 0 Å². The summed E-state index contributed by atoms with van der Waals surface area (Å²) in [6, 6.07) is 0. The summed E-state index contributed by atoms with van der Waals surface area (Å²) in [6.07, 6.45) is 0.747. The minimum atomic E-state index is -0.601. The molecule has 0 aromatic carbocycles. The van der Waals surface area contributed by atoms with Gasteiger partial charge in [-0.25, -0.2) is 0 Å². The molecule has 0 aliphatic carbocycles. The SMILES string of the molecule is C[C@@H](CC(C)(C)O)C(C)(C)N. The molecule has 0 heterocycles. The fourth-order valence-electron chi connectivity index (χ4n) is 1.01. The Morgan fingerprint density at radius 3 is 1.73 bits per heavy atom. The molecule has 0 unspecified atom stereocenters. The van der Waals surface area contributed by atoms with Crippen molar-refractivity contribution in [3.05, 3.63) is 0 Å². The maximum Gasteiger partial charge on any atom is 0.0595 e. The molecule has 0 spiro atoms. The average Bonchev–Trinajstić information content (AvgIpc) is 1.56. The van der Waals surface area contributed by atoms with Gasteiger partial charge in [-0.05, 0) is 40.0 Å². The van der Waals surface area contributed by atoms with Crippen LogP contribution in [0.3, 0.4) is 0 Å². The van der Waals surface area contributed by atoms with Crippen LogP contribution in [0.5, 0.6) is 0 Å². The Labute approximate surface area is 69.8 Å². The number of aliphatic hydroxyl groups is 1. The Hall–Kier alpha value is -0.0800. The van der Waals surface area contributed by atoms with E-state index in [1.807, 2.05) is 27.7 Å². The molecule has 0 radical (unpaired) electrons. The summed E-state index contributed by atoms with van der Waals surface area (Å²) in [5.74, 6) is 0.336. The maximum atomic E-state index is 9.50. The fourth-order valence-corrected chi connectivity index (χ4v) is 1.01. The van der Waals surface area contributed by atoms with Gasteiger partial charge in [-0.3, -0.25) is 0 Å². The number of hydrogen-bond donors (Lipinski definition) is 2. The fraction of sp³-hybridized carbons (Fsp3) is 1.00. The predicted molar refractivity (Wildman–Crippen MR) is 48.3 cm³/mol. The molecule has 0 aliphatic rings. The lowest BCUT2D eigenvalue weighted by molar-refractivity contribution is 0.0440. The Balaban J connectivity index is 3.99. The monoisotopic (exact) mass is 159 g/mol. The molecular weight excluding hydrogens is 138 g/mol. The molecular formula is C9H21NO. The van der Waals surface area contributed by atoms with Crippen molar-refractivity contribution in [2.45, 2.75) is 52.2 Å². The molecule has 68 valence electrons. The third-order valence-corrected chi connectivity index (χ3v) is 2.08. The summed E-state index contributed by atoms with van der Waals surface area (Å²) in [6.45, 7) is 9.68. The third-order valence-electron chi connectivity index (χ3n) is 2.08. The summed E-state index contributed by atoms with van der Waals surface area (Å²) in [4.78, 5) is 0. The van der Waals surface area contributed by atoms with Crippen molar-refractivity contribution in [2.75, 3.05) is 0 Å². The number of hydrogen-bond acceptors (Lipinski definition) is 2. The van der Waals surface area contributed by atoms with Gasteiger partial charge in [-0.15, -0.1) is 0 Å². The van der Waals surface area contributed by atoms with Crippen LogP contribution in [0.4, 0.5) is 0 Å². The molecule has 3 N–H and O–H groups in total. The van der Waals surface area contributed by atoms with E-state index in [2.05, 4.69) is 6.92 Å². The zero-order valence-corrected chi connectivity index (χ0v) is 8.31. The summed E-state index contributed by atoms with van der Waals surface area (Å²) in [5, 5.41) is 9.50. The summed E-state index contributed by atoms with van der Waals surface area (Å²) < 4.78 is 0. The second kappa shape index (κ2) is 3.11. The Kier molecular flexibility index (Phi) is 3.09. The van der Waals surface area contributed by atoms with E-state index in [9.17, 15) is 5.11 Å². The van der Waals surface area contributed by atoms with Crippen molar-refractivity contribution in [3.63, 3.8) is 0 Å². The van der Waals surface area contributed by atoms with Crippen molar-refractivity contribution in [1.29, 1.82) is 0 Å². The number of nitrogens with two attached hydrogens (primary N) is 1. The van der Waals surface area contributed by atoms with E-state index in [-0.39, 0.29) is 5.54 Å². The molecule has 0 fully saturated rings. The molecule has 0 aromatic rings. The van der Waals surface area contributed by atoms with Gasteiger partial charge in [0.15, 0.2) is 0 Å². The lowest BCUT2D eigenvalue weighted by atomic mass is 9.82. The van der Waals surface area contributed by atoms with E-state index in [1.54, 1.807) is 0 Å². The highest BCUT2D eigenvalue weighted by Crippen LogP contribution is 2.23. The third kappa shape index (κ3) is 5.22. The van der Waals surface area contributed by atoms with Crippen LogP contribution in [0.25, 0.3) is 0 Å². The van der Waals surface area contributed by atoms with Gasteiger partial charge < -0.3 is 10.8 Å². The Morgan fingerprint density at radius 1 is 1.27 bits per heavy atom.